The van der Waals surface area contributed by atoms with E-state index in [1.807, 2.05) is 6.92 Å². The molecule has 4 N–H and O–H groups in total. The lowest BCUT2D eigenvalue weighted by atomic mass is 9.98. The smallest absolute Gasteiger partial charge is 0.229 e. The van der Waals surface area contributed by atoms with Gasteiger partial charge in [0.1, 0.15) is 11.6 Å². The summed E-state index contributed by atoms with van der Waals surface area (Å²) in [6, 6.07) is -0.578. The van der Waals surface area contributed by atoms with Gasteiger partial charge in [0.2, 0.25) is 11.9 Å². The second kappa shape index (κ2) is 6.05. The number of imidazole rings is 1. The van der Waals surface area contributed by atoms with Crippen molar-refractivity contribution in [3.63, 3.8) is 0 Å². The lowest BCUT2D eigenvalue weighted by Gasteiger charge is -2.23. The Morgan fingerprint density at radius 1 is 1.52 bits per heavy atom. The van der Waals surface area contributed by atoms with Crippen molar-refractivity contribution in [2.75, 3.05) is 18.9 Å². The molecule has 27 heavy (non-hydrogen) atoms. The van der Waals surface area contributed by atoms with Crippen LogP contribution in [0.4, 0.5) is 11.8 Å². The monoisotopic (exact) mass is 373 g/mol. The molecular weight excluding hydrogens is 354 g/mol. The van der Waals surface area contributed by atoms with Gasteiger partial charge in [-0.1, -0.05) is 0 Å². The lowest BCUT2D eigenvalue weighted by molar-refractivity contribution is -0.132. The summed E-state index contributed by atoms with van der Waals surface area (Å²) >= 11 is 0. The van der Waals surface area contributed by atoms with E-state index in [9.17, 15) is 15.0 Å². The van der Waals surface area contributed by atoms with Gasteiger partial charge in [0.05, 0.1) is 23.9 Å². The van der Waals surface area contributed by atoms with Crippen molar-refractivity contribution in [1.82, 2.24) is 24.8 Å². The van der Waals surface area contributed by atoms with Gasteiger partial charge in [-0.15, -0.1) is 0 Å². The Kier molecular flexibility index (Phi) is 3.91. The first-order chi connectivity index (χ1) is 13.0. The Morgan fingerprint density at radius 2 is 2.30 bits per heavy atom. The molecule has 5 atom stereocenters. The SMILES string of the molecule is CCNc1nc(N=[N+]=[N-])nc2c1ncn2[C@@H]1C2C[C@]2(C(=O)NC)C(O)[C@H]1O. The minimum atomic E-state index is -1.18. The molecule has 0 bridgehead atoms. The van der Waals surface area contributed by atoms with Crippen molar-refractivity contribution in [3.05, 3.63) is 16.8 Å². The highest BCUT2D eigenvalue weighted by molar-refractivity contribution is 5.88. The molecule has 4 rings (SSSR count). The molecule has 0 spiro atoms. The molecule has 2 aromatic heterocycles. The molecule has 0 saturated heterocycles. The van der Waals surface area contributed by atoms with Gasteiger partial charge in [-0.3, -0.25) is 4.79 Å². The third-order valence-electron chi connectivity index (χ3n) is 5.53. The summed E-state index contributed by atoms with van der Waals surface area (Å²) in [5, 5.41) is 30.2. The van der Waals surface area contributed by atoms with Crippen molar-refractivity contribution in [2.45, 2.75) is 31.6 Å². The van der Waals surface area contributed by atoms with Crippen LogP contribution in [0.3, 0.4) is 0 Å². The number of amides is 1. The largest absolute Gasteiger partial charge is 0.389 e. The van der Waals surface area contributed by atoms with Gasteiger partial charge in [-0.25, -0.2) is 15.0 Å². The number of anilines is 1. The average Bonchev–Trinajstić information content (AvgIpc) is 3.19. The maximum Gasteiger partial charge on any atom is 0.229 e. The third-order valence-corrected chi connectivity index (χ3v) is 5.53. The van der Waals surface area contributed by atoms with Crippen LogP contribution in [0.25, 0.3) is 21.6 Å². The fourth-order valence-electron chi connectivity index (χ4n) is 4.29. The fourth-order valence-corrected chi connectivity index (χ4v) is 4.29. The molecule has 2 aromatic rings. The number of aromatic nitrogens is 4. The number of nitrogens with one attached hydrogen (secondary N) is 2. The third kappa shape index (κ3) is 2.27. The lowest BCUT2D eigenvalue weighted by Crippen LogP contribution is -2.41. The molecule has 2 fully saturated rings. The summed E-state index contributed by atoms with van der Waals surface area (Å²) in [6.07, 6.45) is -0.377. The fraction of sp³-hybridized carbons (Fsp3) is 0.600. The minimum absolute atomic E-state index is 0.0795. The van der Waals surface area contributed by atoms with Crippen LogP contribution in [0.1, 0.15) is 19.4 Å². The second-order valence-electron chi connectivity index (χ2n) is 6.77. The molecule has 0 radical (unpaired) electrons. The zero-order valence-corrected chi connectivity index (χ0v) is 14.7. The Labute approximate surface area is 153 Å². The summed E-state index contributed by atoms with van der Waals surface area (Å²) in [7, 11) is 1.51. The van der Waals surface area contributed by atoms with E-state index in [0.717, 1.165) is 0 Å². The minimum Gasteiger partial charge on any atom is -0.389 e. The number of aliphatic hydroxyl groups excluding tert-OH is 2. The van der Waals surface area contributed by atoms with Gasteiger partial charge in [0.15, 0.2) is 11.5 Å². The van der Waals surface area contributed by atoms with Crippen LogP contribution in [0.2, 0.25) is 0 Å². The van der Waals surface area contributed by atoms with E-state index in [4.69, 9.17) is 5.53 Å². The summed E-state index contributed by atoms with van der Waals surface area (Å²) in [5.41, 5.74) is 8.52. The molecule has 12 nitrogen and oxygen atoms in total. The van der Waals surface area contributed by atoms with Crippen LogP contribution in [0, 0.1) is 11.3 Å². The van der Waals surface area contributed by atoms with Crippen molar-refractivity contribution >= 4 is 28.8 Å². The number of aliphatic hydroxyl groups is 2. The first-order valence-electron chi connectivity index (χ1n) is 8.61. The number of fused-ring (bicyclic) bond motifs is 2. The van der Waals surface area contributed by atoms with E-state index < -0.39 is 23.7 Å². The predicted molar refractivity (Wildman–Crippen MR) is 94.0 cm³/mol. The number of carbonyl (C=O) groups excluding carboxylic acids is 1. The summed E-state index contributed by atoms with van der Waals surface area (Å²) < 4.78 is 1.63. The zero-order chi connectivity index (χ0) is 19.3. The zero-order valence-electron chi connectivity index (χ0n) is 14.7. The van der Waals surface area contributed by atoms with Gasteiger partial charge in [0, 0.05) is 24.4 Å². The van der Waals surface area contributed by atoms with Gasteiger partial charge >= 0.3 is 0 Å². The molecule has 1 amide bonds. The molecule has 2 heterocycles. The highest BCUT2D eigenvalue weighted by Crippen LogP contribution is 2.67. The number of nitrogens with zero attached hydrogens (tertiary/aromatic N) is 7. The molecule has 142 valence electrons. The van der Waals surface area contributed by atoms with Crippen molar-refractivity contribution in [3.8, 4) is 0 Å². The first kappa shape index (κ1) is 17.5. The van der Waals surface area contributed by atoms with Crippen LogP contribution in [0.15, 0.2) is 11.4 Å². The first-order valence-corrected chi connectivity index (χ1v) is 8.61. The van der Waals surface area contributed by atoms with Crippen molar-refractivity contribution < 1.29 is 15.0 Å². The van der Waals surface area contributed by atoms with Gasteiger partial charge < -0.3 is 25.4 Å². The Hall–Kier alpha value is -2.95. The van der Waals surface area contributed by atoms with Gasteiger partial charge in [-0.05, 0) is 24.0 Å². The Bertz CT molecular complexity index is 969. The van der Waals surface area contributed by atoms with Crippen molar-refractivity contribution in [1.29, 1.82) is 0 Å². The molecule has 0 aliphatic heterocycles. The molecule has 2 saturated carbocycles. The van der Waals surface area contributed by atoms with Crippen LogP contribution in [0.5, 0.6) is 0 Å². The number of hydrogen-bond acceptors (Lipinski definition) is 8. The molecule has 0 aromatic carbocycles. The van der Waals surface area contributed by atoms with Gasteiger partial charge in [-0.2, -0.15) is 0 Å². The van der Waals surface area contributed by atoms with E-state index in [0.29, 0.717) is 29.9 Å². The molecule has 2 aliphatic rings. The number of hydrogen-bond donors (Lipinski definition) is 4. The van der Waals surface area contributed by atoms with E-state index >= 15 is 0 Å². The second-order valence-corrected chi connectivity index (χ2v) is 6.77. The molecule has 2 aliphatic carbocycles. The highest BCUT2D eigenvalue weighted by atomic mass is 16.3. The molecule has 12 heteroatoms. The summed E-state index contributed by atoms with van der Waals surface area (Å²) in [4.78, 5) is 27.7. The Balaban J connectivity index is 1.83. The summed E-state index contributed by atoms with van der Waals surface area (Å²) in [5.74, 6) is -0.210. The maximum absolute atomic E-state index is 12.3. The average molecular weight is 373 g/mol. The van der Waals surface area contributed by atoms with Crippen LogP contribution >= 0.6 is 0 Å². The van der Waals surface area contributed by atoms with Crippen LogP contribution in [-0.4, -0.2) is 61.4 Å². The predicted octanol–water partition coefficient (Wildman–Crippen LogP) is 0.229. The van der Waals surface area contributed by atoms with E-state index in [-0.39, 0.29) is 17.8 Å². The van der Waals surface area contributed by atoms with E-state index in [2.05, 4.69) is 35.6 Å². The van der Waals surface area contributed by atoms with Crippen LogP contribution in [-0.2, 0) is 4.79 Å². The number of azide groups is 1. The number of carbonyl (C=O) groups is 1. The maximum atomic E-state index is 12.3. The van der Waals surface area contributed by atoms with Crippen LogP contribution < -0.4 is 10.6 Å². The van der Waals surface area contributed by atoms with Crippen molar-refractivity contribution in [2.24, 2.45) is 16.4 Å². The summed E-state index contributed by atoms with van der Waals surface area (Å²) in [6.45, 7) is 2.46. The number of rotatable bonds is 5. The topological polar surface area (TPSA) is 174 Å². The highest BCUT2D eigenvalue weighted by Gasteiger charge is 2.75. The molecular formula is C15H19N9O3. The van der Waals surface area contributed by atoms with E-state index in [1.54, 1.807) is 4.57 Å². The quantitative estimate of drug-likeness (QED) is 0.329. The standard InChI is InChI=1S/C15H19N9O3/c1-3-18-11-7-12(21-14(20-11)22-23-16)24(5-19-7)8-6-4-15(6,13(27)17-2)10(26)9(8)25/h5-6,8-10,25-26H,3-4H2,1-2H3,(H,17,27)(H,18,20,21)/t6?,8-,9+,10?,15-/m1/s1. The van der Waals surface area contributed by atoms with E-state index in [1.165, 1.54) is 13.4 Å². The normalized spacial score (nSPS) is 31.3. The Morgan fingerprint density at radius 3 is 2.96 bits per heavy atom. The van der Waals surface area contributed by atoms with Gasteiger partial charge in [0.25, 0.3) is 0 Å². The molecule has 2 unspecified atom stereocenters.